The van der Waals surface area contributed by atoms with E-state index in [-0.39, 0.29) is 18.2 Å². The van der Waals surface area contributed by atoms with Gasteiger partial charge in [-0.25, -0.2) is 4.90 Å². The van der Waals surface area contributed by atoms with E-state index in [2.05, 4.69) is 10.2 Å². The Hall–Kier alpha value is -1.76. The highest BCUT2D eigenvalue weighted by Crippen LogP contribution is 2.22. The lowest BCUT2D eigenvalue weighted by Crippen LogP contribution is -2.44. The van der Waals surface area contributed by atoms with Gasteiger partial charge in [-0.3, -0.25) is 14.5 Å². The van der Waals surface area contributed by atoms with E-state index < -0.39 is 6.04 Å². The van der Waals surface area contributed by atoms with Crippen molar-refractivity contribution in [1.29, 1.82) is 0 Å². The standard InChI is InChI=1S/C16H21N3O3/c20-15-12-14(17-6-7-18-8-10-22-11-9-18)16(21)19(15)13-4-2-1-3-5-13/h1-5,14,17H,6-12H2. The first-order valence-corrected chi connectivity index (χ1v) is 7.71. The number of hydrogen-bond donors (Lipinski definition) is 1. The number of hydrogen-bond acceptors (Lipinski definition) is 5. The Balaban J connectivity index is 1.53. The molecule has 2 saturated heterocycles. The highest BCUT2D eigenvalue weighted by molar-refractivity contribution is 6.22. The quantitative estimate of drug-likeness (QED) is 0.790. The topological polar surface area (TPSA) is 61.9 Å². The lowest BCUT2D eigenvalue weighted by Gasteiger charge is -2.27. The van der Waals surface area contributed by atoms with Crippen molar-refractivity contribution in [3.63, 3.8) is 0 Å². The largest absolute Gasteiger partial charge is 0.379 e. The zero-order valence-corrected chi connectivity index (χ0v) is 12.5. The molecule has 2 heterocycles. The lowest BCUT2D eigenvalue weighted by molar-refractivity contribution is -0.121. The van der Waals surface area contributed by atoms with Gasteiger partial charge < -0.3 is 10.1 Å². The van der Waals surface area contributed by atoms with E-state index in [0.29, 0.717) is 12.2 Å². The molecule has 6 heteroatoms. The number of carbonyl (C=O) groups excluding carboxylic acids is 2. The van der Waals surface area contributed by atoms with Crippen LogP contribution in [0.25, 0.3) is 0 Å². The minimum absolute atomic E-state index is 0.139. The van der Waals surface area contributed by atoms with Gasteiger partial charge in [0.05, 0.1) is 31.4 Å². The zero-order valence-electron chi connectivity index (χ0n) is 12.5. The molecule has 1 aromatic carbocycles. The summed E-state index contributed by atoms with van der Waals surface area (Å²) >= 11 is 0. The molecule has 6 nitrogen and oxygen atoms in total. The second-order valence-corrected chi connectivity index (χ2v) is 5.57. The molecule has 118 valence electrons. The van der Waals surface area contributed by atoms with Gasteiger partial charge in [0.25, 0.3) is 5.91 Å². The van der Waals surface area contributed by atoms with Crippen molar-refractivity contribution in [2.45, 2.75) is 12.5 Å². The molecule has 0 radical (unpaired) electrons. The molecule has 0 saturated carbocycles. The summed E-state index contributed by atoms with van der Waals surface area (Å²) in [6.07, 6.45) is 0.233. The van der Waals surface area contributed by atoms with Gasteiger partial charge in [0.1, 0.15) is 0 Å². The number of para-hydroxylation sites is 1. The number of amides is 2. The molecule has 2 amide bonds. The molecule has 1 atom stereocenters. The first-order valence-electron chi connectivity index (χ1n) is 7.71. The Labute approximate surface area is 130 Å². The highest BCUT2D eigenvalue weighted by Gasteiger charge is 2.39. The van der Waals surface area contributed by atoms with E-state index in [0.717, 1.165) is 32.8 Å². The van der Waals surface area contributed by atoms with Gasteiger partial charge in [0.15, 0.2) is 0 Å². The Morgan fingerprint density at radius 3 is 2.59 bits per heavy atom. The number of morpholine rings is 1. The summed E-state index contributed by atoms with van der Waals surface area (Å²) in [6.45, 7) is 4.95. The van der Waals surface area contributed by atoms with Crippen LogP contribution in [0.4, 0.5) is 5.69 Å². The predicted octanol–water partition coefficient (Wildman–Crippen LogP) is 0.240. The van der Waals surface area contributed by atoms with Crippen LogP contribution in [0.5, 0.6) is 0 Å². The van der Waals surface area contributed by atoms with Crippen LogP contribution in [0.3, 0.4) is 0 Å². The summed E-state index contributed by atoms with van der Waals surface area (Å²) < 4.78 is 5.31. The Morgan fingerprint density at radius 2 is 1.86 bits per heavy atom. The summed E-state index contributed by atoms with van der Waals surface area (Å²) in [7, 11) is 0. The highest BCUT2D eigenvalue weighted by atomic mass is 16.5. The number of ether oxygens (including phenoxy) is 1. The SMILES string of the molecule is O=C1CC(NCCN2CCOCC2)C(=O)N1c1ccccc1. The second-order valence-electron chi connectivity index (χ2n) is 5.57. The molecule has 2 aliphatic rings. The van der Waals surface area contributed by atoms with Crippen LogP contribution < -0.4 is 10.2 Å². The van der Waals surface area contributed by atoms with Gasteiger partial charge in [-0.05, 0) is 12.1 Å². The average molecular weight is 303 g/mol. The third kappa shape index (κ3) is 3.35. The van der Waals surface area contributed by atoms with Crippen LogP contribution in [0, 0.1) is 0 Å². The molecule has 0 aliphatic carbocycles. The molecular formula is C16H21N3O3. The molecule has 0 spiro atoms. The number of imide groups is 1. The second kappa shape index (κ2) is 7.00. The molecule has 1 aromatic rings. The van der Waals surface area contributed by atoms with Gasteiger partial charge in [-0.1, -0.05) is 18.2 Å². The van der Waals surface area contributed by atoms with Crippen LogP contribution >= 0.6 is 0 Å². The smallest absolute Gasteiger partial charge is 0.251 e. The van der Waals surface area contributed by atoms with Crippen molar-refractivity contribution in [2.24, 2.45) is 0 Å². The number of benzene rings is 1. The lowest BCUT2D eigenvalue weighted by atomic mass is 10.2. The minimum Gasteiger partial charge on any atom is -0.379 e. The summed E-state index contributed by atoms with van der Waals surface area (Å²) in [5.74, 6) is -0.293. The summed E-state index contributed by atoms with van der Waals surface area (Å²) in [6, 6.07) is 8.68. The van der Waals surface area contributed by atoms with Gasteiger partial charge in [0, 0.05) is 26.2 Å². The summed E-state index contributed by atoms with van der Waals surface area (Å²) in [4.78, 5) is 28.1. The maximum Gasteiger partial charge on any atom is 0.251 e. The van der Waals surface area contributed by atoms with Crippen molar-refractivity contribution in [3.05, 3.63) is 30.3 Å². The fraction of sp³-hybridized carbons (Fsp3) is 0.500. The van der Waals surface area contributed by atoms with Gasteiger partial charge in [0.2, 0.25) is 5.91 Å². The molecule has 3 rings (SSSR count). The molecule has 0 bridgehead atoms. The first-order chi connectivity index (χ1) is 10.8. The summed E-state index contributed by atoms with van der Waals surface area (Å²) in [5, 5.41) is 3.21. The van der Waals surface area contributed by atoms with Crippen molar-refractivity contribution in [2.75, 3.05) is 44.3 Å². The Kier molecular flexibility index (Phi) is 4.82. The fourth-order valence-electron chi connectivity index (χ4n) is 2.86. The van der Waals surface area contributed by atoms with E-state index >= 15 is 0 Å². The van der Waals surface area contributed by atoms with E-state index in [9.17, 15) is 9.59 Å². The van der Waals surface area contributed by atoms with Crippen LogP contribution in [-0.2, 0) is 14.3 Å². The molecule has 1 unspecified atom stereocenters. The van der Waals surface area contributed by atoms with E-state index in [1.807, 2.05) is 18.2 Å². The van der Waals surface area contributed by atoms with Crippen molar-refractivity contribution in [3.8, 4) is 0 Å². The predicted molar refractivity (Wildman–Crippen MR) is 82.6 cm³/mol. The van der Waals surface area contributed by atoms with Crippen molar-refractivity contribution < 1.29 is 14.3 Å². The van der Waals surface area contributed by atoms with Crippen LogP contribution in [0.15, 0.2) is 30.3 Å². The normalized spacial score (nSPS) is 23.3. The average Bonchev–Trinajstić information content (AvgIpc) is 2.83. The fourth-order valence-corrected chi connectivity index (χ4v) is 2.86. The van der Waals surface area contributed by atoms with E-state index in [4.69, 9.17) is 4.74 Å². The molecule has 2 fully saturated rings. The number of anilines is 1. The van der Waals surface area contributed by atoms with Crippen LogP contribution in [0.1, 0.15) is 6.42 Å². The first kappa shape index (κ1) is 15.1. The number of carbonyl (C=O) groups is 2. The number of nitrogens with one attached hydrogen (secondary N) is 1. The van der Waals surface area contributed by atoms with Crippen LogP contribution in [-0.4, -0.2) is 62.1 Å². The maximum absolute atomic E-state index is 12.4. The monoisotopic (exact) mass is 303 g/mol. The third-order valence-corrected chi connectivity index (χ3v) is 4.08. The molecule has 22 heavy (non-hydrogen) atoms. The van der Waals surface area contributed by atoms with E-state index in [1.54, 1.807) is 12.1 Å². The van der Waals surface area contributed by atoms with Gasteiger partial charge >= 0.3 is 0 Å². The summed E-state index contributed by atoms with van der Waals surface area (Å²) in [5.41, 5.74) is 0.648. The van der Waals surface area contributed by atoms with Gasteiger partial charge in [-0.2, -0.15) is 0 Å². The Morgan fingerprint density at radius 1 is 1.14 bits per heavy atom. The maximum atomic E-state index is 12.4. The number of rotatable bonds is 5. The van der Waals surface area contributed by atoms with Crippen LogP contribution in [0.2, 0.25) is 0 Å². The molecule has 2 aliphatic heterocycles. The Bertz CT molecular complexity index is 529. The molecular weight excluding hydrogens is 282 g/mol. The number of nitrogens with zero attached hydrogens (tertiary/aromatic N) is 2. The van der Waals surface area contributed by atoms with E-state index in [1.165, 1.54) is 4.90 Å². The van der Waals surface area contributed by atoms with Crippen molar-refractivity contribution in [1.82, 2.24) is 10.2 Å². The molecule has 0 aromatic heterocycles. The molecule has 1 N–H and O–H groups in total. The van der Waals surface area contributed by atoms with Crippen molar-refractivity contribution >= 4 is 17.5 Å². The van der Waals surface area contributed by atoms with Gasteiger partial charge in [-0.15, -0.1) is 0 Å². The minimum atomic E-state index is -0.409. The zero-order chi connectivity index (χ0) is 15.4. The third-order valence-electron chi connectivity index (χ3n) is 4.08.